The molecule has 2 N–H and O–H groups in total. The maximum atomic E-state index is 5.71. The summed E-state index contributed by atoms with van der Waals surface area (Å²) in [5.74, 6) is 3.35. The number of hydrogen-bond acceptors (Lipinski definition) is 4. The number of ether oxygens (including phenoxy) is 3. The Morgan fingerprint density at radius 2 is 1.36 bits per heavy atom. The van der Waals surface area contributed by atoms with Crippen molar-refractivity contribution in [2.75, 3.05) is 41.0 Å². The Morgan fingerprint density at radius 1 is 0.821 bits per heavy atom. The molecule has 0 aromatic heterocycles. The number of halogens is 1. The second-order valence-electron chi connectivity index (χ2n) is 5.90. The maximum absolute atomic E-state index is 5.71. The highest BCUT2D eigenvalue weighted by atomic mass is 127. The van der Waals surface area contributed by atoms with Gasteiger partial charge in [0.15, 0.2) is 5.96 Å². The van der Waals surface area contributed by atoms with E-state index in [0.29, 0.717) is 6.61 Å². The van der Waals surface area contributed by atoms with Crippen molar-refractivity contribution < 1.29 is 14.2 Å². The molecule has 7 heteroatoms. The topological polar surface area (TPSA) is 64.1 Å². The number of rotatable bonds is 10. The molecule has 2 aromatic carbocycles. The van der Waals surface area contributed by atoms with Crippen molar-refractivity contribution in [3.05, 3.63) is 54.1 Å². The Morgan fingerprint density at radius 3 is 1.93 bits per heavy atom. The number of nitrogens with one attached hydrogen (secondary N) is 2. The summed E-state index contributed by atoms with van der Waals surface area (Å²) in [6.07, 6.45) is 1.80. The molecule has 2 rings (SSSR count). The average Bonchev–Trinajstić information content (AvgIpc) is 2.73. The zero-order valence-electron chi connectivity index (χ0n) is 16.7. The van der Waals surface area contributed by atoms with Gasteiger partial charge in [0.25, 0.3) is 0 Å². The lowest BCUT2D eigenvalue weighted by molar-refractivity contribution is 0.310. The molecule has 0 aliphatic carbocycles. The summed E-state index contributed by atoms with van der Waals surface area (Å²) < 4.78 is 16.0. The van der Waals surface area contributed by atoms with Gasteiger partial charge in [0.2, 0.25) is 0 Å². The molecule has 0 aliphatic rings. The van der Waals surface area contributed by atoms with Gasteiger partial charge in [-0.15, -0.1) is 24.0 Å². The summed E-state index contributed by atoms with van der Waals surface area (Å²) in [4.78, 5) is 4.24. The predicted molar refractivity (Wildman–Crippen MR) is 125 cm³/mol. The first-order valence-electron chi connectivity index (χ1n) is 9.09. The Bertz CT molecular complexity index is 691. The van der Waals surface area contributed by atoms with Crippen LogP contribution >= 0.6 is 24.0 Å². The van der Waals surface area contributed by atoms with E-state index in [1.54, 1.807) is 21.3 Å². The molecule has 0 heterocycles. The van der Waals surface area contributed by atoms with Gasteiger partial charge in [-0.05, 0) is 54.8 Å². The summed E-state index contributed by atoms with van der Waals surface area (Å²) in [7, 11) is 5.10. The van der Waals surface area contributed by atoms with Crippen molar-refractivity contribution in [3.8, 4) is 17.2 Å². The third-order valence-electron chi connectivity index (χ3n) is 4.03. The van der Waals surface area contributed by atoms with Crippen LogP contribution in [0.1, 0.15) is 12.0 Å². The van der Waals surface area contributed by atoms with Crippen molar-refractivity contribution in [2.24, 2.45) is 4.99 Å². The zero-order chi connectivity index (χ0) is 19.3. The Labute approximate surface area is 184 Å². The Balaban J connectivity index is 0.00000392. The van der Waals surface area contributed by atoms with Gasteiger partial charge >= 0.3 is 0 Å². The highest BCUT2D eigenvalue weighted by Crippen LogP contribution is 2.17. The van der Waals surface area contributed by atoms with E-state index in [2.05, 4.69) is 27.8 Å². The molecule has 28 heavy (non-hydrogen) atoms. The third-order valence-corrected chi connectivity index (χ3v) is 4.03. The predicted octanol–water partition coefficient (Wildman–Crippen LogP) is 3.50. The van der Waals surface area contributed by atoms with Crippen LogP contribution in [0.5, 0.6) is 17.2 Å². The van der Waals surface area contributed by atoms with Crippen molar-refractivity contribution in [1.82, 2.24) is 10.6 Å². The van der Waals surface area contributed by atoms with Crippen molar-refractivity contribution >= 4 is 29.9 Å². The van der Waals surface area contributed by atoms with Gasteiger partial charge in [-0.25, -0.2) is 0 Å². The minimum absolute atomic E-state index is 0. The van der Waals surface area contributed by atoms with Crippen LogP contribution in [0.25, 0.3) is 0 Å². The summed E-state index contributed by atoms with van der Waals surface area (Å²) in [5.41, 5.74) is 1.26. The van der Waals surface area contributed by atoms with Gasteiger partial charge in [0, 0.05) is 20.1 Å². The molecule has 0 saturated carbocycles. The molecule has 6 nitrogen and oxygen atoms in total. The lowest BCUT2D eigenvalue weighted by Crippen LogP contribution is -2.39. The normalized spacial score (nSPS) is 10.6. The van der Waals surface area contributed by atoms with Crippen LogP contribution < -0.4 is 24.8 Å². The molecule has 2 aromatic rings. The smallest absolute Gasteiger partial charge is 0.190 e. The number of hydrogen-bond donors (Lipinski definition) is 2. The van der Waals surface area contributed by atoms with Crippen molar-refractivity contribution in [2.45, 2.75) is 12.8 Å². The van der Waals surface area contributed by atoms with E-state index in [4.69, 9.17) is 14.2 Å². The first-order valence-corrected chi connectivity index (χ1v) is 9.09. The maximum Gasteiger partial charge on any atom is 0.190 e. The quantitative estimate of drug-likeness (QED) is 0.227. The first kappa shape index (κ1) is 23.9. The van der Waals surface area contributed by atoms with Gasteiger partial charge in [-0.2, -0.15) is 0 Å². The van der Waals surface area contributed by atoms with E-state index in [-0.39, 0.29) is 24.0 Å². The average molecular weight is 499 g/mol. The van der Waals surface area contributed by atoms with Crippen molar-refractivity contribution in [3.63, 3.8) is 0 Å². The molecule has 0 radical (unpaired) electrons. The number of aliphatic imine (C=N–C) groups is 1. The fraction of sp³-hybridized carbons (Fsp3) is 0.381. The van der Waals surface area contributed by atoms with E-state index in [1.807, 2.05) is 36.4 Å². The molecule has 0 spiro atoms. The third kappa shape index (κ3) is 8.69. The Kier molecular flexibility index (Phi) is 11.9. The lowest BCUT2D eigenvalue weighted by Gasteiger charge is -2.12. The molecule has 0 amide bonds. The van der Waals surface area contributed by atoms with Gasteiger partial charge in [0.1, 0.15) is 17.2 Å². The largest absolute Gasteiger partial charge is 0.497 e. The van der Waals surface area contributed by atoms with E-state index in [0.717, 1.165) is 49.1 Å². The summed E-state index contributed by atoms with van der Waals surface area (Å²) >= 11 is 0. The summed E-state index contributed by atoms with van der Waals surface area (Å²) in [5, 5.41) is 6.62. The molecule has 0 saturated heterocycles. The van der Waals surface area contributed by atoms with Crippen LogP contribution in [0.2, 0.25) is 0 Å². The monoisotopic (exact) mass is 499 g/mol. The molecule has 0 unspecified atom stereocenters. The Hall–Kier alpha value is -2.16. The van der Waals surface area contributed by atoms with Gasteiger partial charge in [-0.3, -0.25) is 4.99 Å². The molecule has 154 valence electrons. The molecule has 0 atom stereocenters. The number of guanidine groups is 1. The van der Waals surface area contributed by atoms with Gasteiger partial charge in [0.05, 0.1) is 20.8 Å². The standard InChI is InChI=1S/C21H29N3O3.HI/c1-22-21(24-15-13-17-5-7-18(25-2)8-6-17)23-14-4-16-27-20-11-9-19(26-3)10-12-20;/h5-12H,4,13-16H2,1-3H3,(H2,22,23,24);1H. The van der Waals surface area contributed by atoms with E-state index in [1.165, 1.54) is 5.56 Å². The lowest BCUT2D eigenvalue weighted by atomic mass is 10.1. The minimum atomic E-state index is 0. The molecular formula is C21H30IN3O3. The number of nitrogens with zero attached hydrogens (tertiary/aromatic N) is 1. The highest BCUT2D eigenvalue weighted by Gasteiger charge is 1.99. The van der Waals surface area contributed by atoms with Crippen LogP contribution in [0.15, 0.2) is 53.5 Å². The minimum Gasteiger partial charge on any atom is -0.497 e. The molecule has 0 fully saturated rings. The summed E-state index contributed by atoms with van der Waals surface area (Å²) in [6.45, 7) is 2.24. The second kappa shape index (κ2) is 13.9. The van der Waals surface area contributed by atoms with Crippen LogP contribution in [0.4, 0.5) is 0 Å². The van der Waals surface area contributed by atoms with Gasteiger partial charge in [-0.1, -0.05) is 12.1 Å². The number of benzene rings is 2. The SMILES string of the molecule is CN=C(NCCCOc1ccc(OC)cc1)NCCc1ccc(OC)cc1.I. The van der Waals surface area contributed by atoms with Crippen LogP contribution in [0.3, 0.4) is 0 Å². The summed E-state index contributed by atoms with van der Waals surface area (Å²) in [6, 6.07) is 15.7. The fourth-order valence-corrected chi connectivity index (χ4v) is 2.48. The fourth-order valence-electron chi connectivity index (χ4n) is 2.48. The highest BCUT2D eigenvalue weighted by molar-refractivity contribution is 14.0. The molecule has 0 aliphatic heterocycles. The van der Waals surface area contributed by atoms with E-state index in [9.17, 15) is 0 Å². The van der Waals surface area contributed by atoms with Crippen LogP contribution in [-0.4, -0.2) is 46.9 Å². The van der Waals surface area contributed by atoms with Crippen LogP contribution in [0, 0.1) is 0 Å². The zero-order valence-corrected chi connectivity index (χ0v) is 19.1. The second-order valence-corrected chi connectivity index (χ2v) is 5.90. The van der Waals surface area contributed by atoms with Gasteiger partial charge < -0.3 is 24.8 Å². The van der Waals surface area contributed by atoms with E-state index < -0.39 is 0 Å². The number of methoxy groups -OCH3 is 2. The molecular weight excluding hydrogens is 469 g/mol. The first-order chi connectivity index (χ1) is 13.2. The van der Waals surface area contributed by atoms with Crippen LogP contribution in [-0.2, 0) is 6.42 Å². The van der Waals surface area contributed by atoms with Crippen molar-refractivity contribution in [1.29, 1.82) is 0 Å². The van der Waals surface area contributed by atoms with E-state index >= 15 is 0 Å². The molecule has 0 bridgehead atoms.